The Hall–Kier alpha value is -0.980. The van der Waals surface area contributed by atoms with Crippen molar-refractivity contribution in [2.45, 2.75) is 12.3 Å². The Morgan fingerprint density at radius 3 is 1.86 bits per heavy atom. The molecule has 0 saturated carbocycles. The van der Waals surface area contributed by atoms with Crippen molar-refractivity contribution in [3.63, 3.8) is 0 Å². The van der Waals surface area contributed by atoms with Crippen molar-refractivity contribution < 1.29 is 13.8 Å². The monoisotopic (exact) mass is 338 g/mol. The molecule has 2 aromatic carbocycles. The zero-order valence-electron chi connectivity index (χ0n) is 13.3. The Morgan fingerprint density at radius 1 is 0.909 bits per heavy atom. The van der Waals surface area contributed by atoms with Crippen LogP contribution in [-0.4, -0.2) is 24.9 Å². The normalized spacial score (nSPS) is 16.5. The van der Waals surface area contributed by atoms with Crippen molar-refractivity contribution >= 4 is 14.4 Å². The maximum absolute atomic E-state index is 12.6. The average molecular weight is 338 g/mol. The molecule has 120 valence electrons. The molecule has 0 heterocycles. The first-order chi connectivity index (χ1) is 10.1. The molecule has 22 heavy (non-hydrogen) atoms. The summed E-state index contributed by atoms with van der Waals surface area (Å²) in [5, 5.41) is 0. The number of benzene rings is 2. The van der Waals surface area contributed by atoms with Crippen LogP contribution in [0.5, 0.6) is 0 Å². The van der Waals surface area contributed by atoms with Crippen LogP contribution in [0.2, 0.25) is 0 Å². The molecular formula is C17H24O3P2. The van der Waals surface area contributed by atoms with Gasteiger partial charge in [-0.15, -0.1) is 0 Å². The third kappa shape index (κ3) is 5.66. The molecule has 3 nitrogen and oxygen atoms in total. The second kappa shape index (κ2) is 6.26. The maximum atomic E-state index is 12.6. The molecule has 2 aromatic rings. The van der Waals surface area contributed by atoms with Crippen molar-refractivity contribution in [2.24, 2.45) is 0 Å². The molecular weight excluding hydrogens is 314 g/mol. The molecule has 0 saturated heterocycles. The van der Waals surface area contributed by atoms with E-state index in [1.807, 2.05) is 80.7 Å². The van der Waals surface area contributed by atoms with Crippen LogP contribution < -0.4 is 0 Å². The van der Waals surface area contributed by atoms with Gasteiger partial charge in [-0.3, -0.25) is 0 Å². The molecule has 5 heteroatoms. The molecule has 0 aliphatic rings. The van der Waals surface area contributed by atoms with Crippen LogP contribution in [0.15, 0.2) is 60.7 Å². The molecule has 1 N–H and O–H groups in total. The zero-order valence-corrected chi connectivity index (χ0v) is 15.1. The summed E-state index contributed by atoms with van der Waals surface area (Å²) in [6.07, 6.45) is 0.738. The molecule has 0 aliphatic carbocycles. The average Bonchev–Trinajstić information content (AvgIpc) is 2.37. The van der Waals surface area contributed by atoms with Crippen molar-refractivity contribution in [2.75, 3.05) is 20.0 Å². The quantitative estimate of drug-likeness (QED) is 0.758. The summed E-state index contributed by atoms with van der Waals surface area (Å²) in [4.78, 5) is 10.3. The van der Waals surface area contributed by atoms with E-state index in [2.05, 4.69) is 0 Å². The Kier molecular flexibility index (Phi) is 4.94. The van der Waals surface area contributed by atoms with Crippen LogP contribution in [0.3, 0.4) is 0 Å². The van der Waals surface area contributed by atoms with E-state index in [9.17, 15) is 9.46 Å². The molecule has 0 fully saturated rings. The van der Waals surface area contributed by atoms with Crippen LogP contribution in [0, 0.1) is 0 Å². The van der Waals surface area contributed by atoms with E-state index in [4.69, 9.17) is 4.31 Å². The summed E-state index contributed by atoms with van der Waals surface area (Å²) >= 11 is 0. The minimum atomic E-state index is -3.68. The zero-order chi connectivity index (χ0) is 16.3. The van der Waals surface area contributed by atoms with E-state index >= 15 is 0 Å². The van der Waals surface area contributed by atoms with Crippen LogP contribution in [0.25, 0.3) is 0 Å². The van der Waals surface area contributed by atoms with E-state index in [1.54, 1.807) is 0 Å². The second-order valence-corrected chi connectivity index (χ2v) is 15.5. The van der Waals surface area contributed by atoms with E-state index in [-0.39, 0.29) is 6.16 Å². The van der Waals surface area contributed by atoms with Gasteiger partial charge in [0, 0.05) is 0 Å². The predicted molar refractivity (Wildman–Crippen MR) is 95.9 cm³/mol. The third-order valence-electron chi connectivity index (χ3n) is 3.22. The van der Waals surface area contributed by atoms with Gasteiger partial charge in [0.25, 0.3) is 0 Å². The van der Waals surface area contributed by atoms with Crippen LogP contribution in [0.1, 0.15) is 11.1 Å². The Labute approximate surface area is 132 Å². The Balaban J connectivity index is 2.13. The van der Waals surface area contributed by atoms with Gasteiger partial charge in [-0.2, -0.15) is 0 Å². The fraction of sp³-hybridized carbons (Fsp3) is 0.294. The second-order valence-electron chi connectivity index (χ2n) is 6.97. The summed E-state index contributed by atoms with van der Waals surface area (Å²) < 4.78 is 18.4. The number of rotatable bonds is 6. The first-order valence-corrected chi connectivity index (χ1v) is 12.7. The number of hydrogen-bond donors (Lipinski definition) is 1. The molecule has 1 atom stereocenters. The van der Waals surface area contributed by atoms with Gasteiger partial charge in [-0.1, -0.05) is 0 Å². The molecule has 0 amide bonds. The topological polar surface area (TPSA) is 46.5 Å². The van der Waals surface area contributed by atoms with Crippen molar-refractivity contribution in [1.29, 1.82) is 0 Å². The molecule has 0 aromatic heterocycles. The fourth-order valence-corrected chi connectivity index (χ4v) is 8.92. The van der Waals surface area contributed by atoms with Crippen molar-refractivity contribution in [3.8, 4) is 0 Å². The first-order valence-electron chi connectivity index (χ1n) is 7.25. The SMILES string of the molecule is CP(C)(C)(Cc1ccccc1)OP(=O)(O)Cc1ccccc1. The minimum absolute atomic E-state index is 0.0516. The summed E-state index contributed by atoms with van der Waals surface area (Å²) in [6.45, 7) is 3.25. The first kappa shape index (κ1) is 17.4. The van der Waals surface area contributed by atoms with Gasteiger partial charge in [-0.05, 0) is 0 Å². The van der Waals surface area contributed by atoms with E-state index in [0.29, 0.717) is 6.16 Å². The molecule has 0 radical (unpaired) electrons. The molecule has 1 unspecified atom stereocenters. The third-order valence-corrected chi connectivity index (χ3v) is 8.87. The summed E-state index contributed by atoms with van der Waals surface area (Å²) in [5.41, 5.74) is 1.95. The van der Waals surface area contributed by atoms with Crippen molar-refractivity contribution in [1.82, 2.24) is 0 Å². The van der Waals surface area contributed by atoms with Gasteiger partial charge in [-0.25, -0.2) is 0 Å². The van der Waals surface area contributed by atoms with Gasteiger partial charge in [0.2, 0.25) is 0 Å². The summed E-state index contributed by atoms with van der Waals surface area (Å²) in [5.74, 6) is 0. The van der Waals surface area contributed by atoms with E-state index < -0.39 is 14.4 Å². The summed E-state index contributed by atoms with van der Waals surface area (Å²) in [6, 6.07) is 19.3. The predicted octanol–water partition coefficient (Wildman–Crippen LogP) is 4.95. The van der Waals surface area contributed by atoms with Gasteiger partial charge < -0.3 is 0 Å². The molecule has 2 rings (SSSR count). The van der Waals surface area contributed by atoms with Crippen molar-refractivity contribution in [3.05, 3.63) is 71.8 Å². The summed E-state index contributed by atoms with van der Waals surface area (Å²) in [7, 11) is -3.68. The van der Waals surface area contributed by atoms with Crippen LogP contribution in [-0.2, 0) is 21.2 Å². The standard InChI is InChI=1S/C17H24O3P2/c1-22(2,3,15-17-12-8-5-9-13-17)20-21(18,19)14-16-10-6-4-7-11-16/h4-13H,14-15H2,1-3H3,(H,18,19). The molecule has 0 spiro atoms. The van der Waals surface area contributed by atoms with E-state index in [0.717, 1.165) is 11.1 Å². The van der Waals surface area contributed by atoms with Crippen LogP contribution in [0.4, 0.5) is 0 Å². The number of hydrogen-bond acceptors (Lipinski definition) is 2. The van der Waals surface area contributed by atoms with Gasteiger partial charge in [0.1, 0.15) is 0 Å². The Bertz CT molecular complexity index is 661. The molecule has 0 aliphatic heterocycles. The van der Waals surface area contributed by atoms with Gasteiger partial charge >= 0.3 is 132 Å². The Morgan fingerprint density at radius 2 is 1.36 bits per heavy atom. The van der Waals surface area contributed by atoms with E-state index in [1.165, 1.54) is 0 Å². The van der Waals surface area contributed by atoms with Crippen LogP contribution >= 0.6 is 14.4 Å². The molecule has 0 bridgehead atoms. The van der Waals surface area contributed by atoms with Gasteiger partial charge in [0.15, 0.2) is 0 Å². The fourth-order valence-electron chi connectivity index (χ4n) is 2.55. The van der Waals surface area contributed by atoms with Gasteiger partial charge in [0.05, 0.1) is 0 Å².